The van der Waals surface area contributed by atoms with Crippen LogP contribution in [0.15, 0.2) is 23.1 Å². The summed E-state index contributed by atoms with van der Waals surface area (Å²) >= 11 is 0. The molecule has 0 aliphatic heterocycles. The number of aliphatic hydroxyl groups is 1. The third kappa shape index (κ3) is 3.22. The van der Waals surface area contributed by atoms with E-state index in [1.54, 1.807) is 6.92 Å². The number of aryl methyl sites for hydroxylation is 1. The van der Waals surface area contributed by atoms with Crippen LogP contribution in [0.2, 0.25) is 0 Å². The van der Waals surface area contributed by atoms with Gasteiger partial charge in [-0.15, -0.1) is 0 Å². The lowest BCUT2D eigenvalue weighted by Crippen LogP contribution is -2.39. The van der Waals surface area contributed by atoms with Crippen LogP contribution in [0.25, 0.3) is 0 Å². The largest absolute Gasteiger partial charge is 0.393 e. The molecule has 0 unspecified atom stereocenters. The molecule has 1 aromatic carbocycles. The predicted octanol–water partition coefficient (Wildman–Crippen LogP) is 1.29. The molecule has 8 heteroatoms. The lowest BCUT2D eigenvalue weighted by molar-refractivity contribution is -0.385. The van der Waals surface area contributed by atoms with Crippen molar-refractivity contribution < 1.29 is 18.4 Å². The highest BCUT2D eigenvalue weighted by Gasteiger charge is 2.32. The number of nitrogens with zero attached hydrogens (tertiary/aromatic N) is 2. The van der Waals surface area contributed by atoms with Crippen molar-refractivity contribution in [2.75, 3.05) is 13.6 Å². The summed E-state index contributed by atoms with van der Waals surface area (Å²) in [6.45, 7) is 1.89. The molecule has 1 aromatic rings. The van der Waals surface area contributed by atoms with E-state index in [0.29, 0.717) is 24.9 Å². The zero-order valence-electron chi connectivity index (χ0n) is 11.9. The highest BCUT2D eigenvalue weighted by atomic mass is 32.2. The summed E-state index contributed by atoms with van der Waals surface area (Å²) in [4.78, 5) is 10.2. The van der Waals surface area contributed by atoms with Crippen LogP contribution in [0.3, 0.4) is 0 Å². The van der Waals surface area contributed by atoms with Gasteiger partial charge in [-0.25, -0.2) is 12.7 Å². The zero-order chi connectivity index (χ0) is 15.8. The summed E-state index contributed by atoms with van der Waals surface area (Å²) in [7, 11) is -2.18. The van der Waals surface area contributed by atoms with Crippen LogP contribution in [0, 0.1) is 23.0 Å². The van der Waals surface area contributed by atoms with Gasteiger partial charge in [-0.05, 0) is 37.3 Å². The minimum Gasteiger partial charge on any atom is -0.393 e. The number of sulfonamides is 1. The molecule has 21 heavy (non-hydrogen) atoms. The standard InChI is InChI=1S/C13H18N2O5S/c1-9-5-11(15(17)18)3-4-13(9)21(19,20)14(2)8-10-6-12(16)7-10/h3-5,10,12,16H,6-8H2,1-2H3. The lowest BCUT2D eigenvalue weighted by atomic mass is 9.82. The van der Waals surface area contributed by atoms with Crippen molar-refractivity contribution in [3.8, 4) is 0 Å². The second-order valence-corrected chi connectivity index (χ2v) is 7.50. The molecule has 0 bridgehead atoms. The second kappa shape index (κ2) is 5.70. The van der Waals surface area contributed by atoms with Gasteiger partial charge in [-0.3, -0.25) is 10.1 Å². The minimum atomic E-state index is -3.67. The van der Waals surface area contributed by atoms with Crippen LogP contribution >= 0.6 is 0 Å². The Hall–Kier alpha value is -1.51. The molecule has 0 spiro atoms. The summed E-state index contributed by atoms with van der Waals surface area (Å²) in [6, 6.07) is 3.73. The molecule has 2 rings (SSSR count). The van der Waals surface area contributed by atoms with Crippen LogP contribution < -0.4 is 0 Å². The molecule has 0 atom stereocenters. The summed E-state index contributed by atoms with van der Waals surface area (Å²) in [5.41, 5.74) is 0.223. The van der Waals surface area contributed by atoms with Crippen molar-refractivity contribution in [2.24, 2.45) is 5.92 Å². The first kappa shape index (κ1) is 15.9. The molecular formula is C13H18N2O5S. The van der Waals surface area contributed by atoms with Gasteiger partial charge in [0.2, 0.25) is 10.0 Å². The van der Waals surface area contributed by atoms with E-state index < -0.39 is 14.9 Å². The number of benzene rings is 1. The van der Waals surface area contributed by atoms with Gasteiger partial charge in [-0.2, -0.15) is 0 Å². The van der Waals surface area contributed by atoms with Gasteiger partial charge < -0.3 is 5.11 Å². The topological polar surface area (TPSA) is 101 Å². The Bertz CT molecular complexity index is 653. The molecule has 0 heterocycles. The van der Waals surface area contributed by atoms with E-state index in [4.69, 9.17) is 0 Å². The zero-order valence-corrected chi connectivity index (χ0v) is 12.7. The van der Waals surface area contributed by atoms with Crippen LogP contribution in [0.5, 0.6) is 0 Å². The van der Waals surface area contributed by atoms with Crippen molar-refractivity contribution in [3.05, 3.63) is 33.9 Å². The average molecular weight is 314 g/mol. The number of hydrogen-bond acceptors (Lipinski definition) is 5. The van der Waals surface area contributed by atoms with E-state index in [0.717, 1.165) is 0 Å². The van der Waals surface area contributed by atoms with Crippen LogP contribution in [0.1, 0.15) is 18.4 Å². The quantitative estimate of drug-likeness (QED) is 0.652. The maximum atomic E-state index is 12.5. The van der Waals surface area contributed by atoms with Gasteiger partial charge in [0.25, 0.3) is 5.69 Å². The average Bonchev–Trinajstić information content (AvgIpc) is 2.36. The van der Waals surface area contributed by atoms with E-state index >= 15 is 0 Å². The fourth-order valence-corrected chi connectivity index (χ4v) is 3.96. The second-order valence-electron chi connectivity index (χ2n) is 5.48. The molecule has 7 nitrogen and oxygen atoms in total. The minimum absolute atomic E-state index is 0.0791. The van der Waals surface area contributed by atoms with Gasteiger partial charge in [0, 0.05) is 25.7 Å². The Morgan fingerprint density at radius 2 is 2.05 bits per heavy atom. The fourth-order valence-electron chi connectivity index (χ4n) is 2.52. The van der Waals surface area contributed by atoms with Crippen LogP contribution in [-0.4, -0.2) is 42.4 Å². The van der Waals surface area contributed by atoms with Crippen LogP contribution in [0.4, 0.5) is 5.69 Å². The normalized spacial score (nSPS) is 22.1. The van der Waals surface area contributed by atoms with Crippen molar-refractivity contribution in [3.63, 3.8) is 0 Å². The smallest absolute Gasteiger partial charge is 0.269 e. The maximum absolute atomic E-state index is 12.5. The van der Waals surface area contributed by atoms with E-state index in [2.05, 4.69) is 0 Å². The molecule has 0 amide bonds. The first-order valence-electron chi connectivity index (χ1n) is 6.61. The molecule has 1 N–H and O–H groups in total. The van der Waals surface area contributed by atoms with Crippen LogP contribution in [-0.2, 0) is 10.0 Å². The summed E-state index contributed by atoms with van der Waals surface area (Å²) in [5, 5.41) is 19.9. The van der Waals surface area contributed by atoms with Crippen molar-refractivity contribution >= 4 is 15.7 Å². The Morgan fingerprint density at radius 1 is 1.43 bits per heavy atom. The maximum Gasteiger partial charge on any atom is 0.269 e. The fraction of sp³-hybridized carbons (Fsp3) is 0.538. The van der Waals surface area contributed by atoms with Crippen molar-refractivity contribution in [1.29, 1.82) is 0 Å². The lowest BCUT2D eigenvalue weighted by Gasteiger charge is -2.34. The molecule has 1 aliphatic rings. The molecular weight excluding hydrogens is 296 g/mol. The molecule has 0 aromatic heterocycles. The van der Waals surface area contributed by atoms with E-state index in [-0.39, 0.29) is 22.6 Å². The number of nitro benzene ring substituents is 1. The SMILES string of the molecule is Cc1cc([N+](=O)[O-])ccc1S(=O)(=O)N(C)CC1CC(O)C1. The highest BCUT2D eigenvalue weighted by Crippen LogP contribution is 2.30. The van der Waals surface area contributed by atoms with Crippen molar-refractivity contribution in [1.82, 2.24) is 4.31 Å². The summed E-state index contributed by atoms with van der Waals surface area (Å²) < 4.78 is 26.2. The Balaban J connectivity index is 2.20. The molecule has 0 saturated heterocycles. The number of hydrogen-bond donors (Lipinski definition) is 1. The van der Waals surface area contributed by atoms with Gasteiger partial charge in [0.15, 0.2) is 0 Å². The number of non-ortho nitro benzene ring substituents is 1. The Kier molecular flexibility index (Phi) is 4.31. The van der Waals surface area contributed by atoms with Gasteiger partial charge in [0.05, 0.1) is 15.9 Å². The predicted molar refractivity (Wildman–Crippen MR) is 76.4 cm³/mol. The number of rotatable bonds is 5. The number of aliphatic hydroxyl groups excluding tert-OH is 1. The third-order valence-electron chi connectivity index (χ3n) is 3.78. The monoisotopic (exact) mass is 314 g/mol. The third-order valence-corrected chi connectivity index (χ3v) is 5.77. The molecule has 1 saturated carbocycles. The van der Waals surface area contributed by atoms with E-state index in [1.165, 1.54) is 29.6 Å². The van der Waals surface area contributed by atoms with Gasteiger partial charge >= 0.3 is 0 Å². The number of nitro groups is 1. The molecule has 116 valence electrons. The molecule has 1 aliphatic carbocycles. The Morgan fingerprint density at radius 3 is 2.52 bits per heavy atom. The highest BCUT2D eigenvalue weighted by molar-refractivity contribution is 7.89. The van der Waals surface area contributed by atoms with E-state index in [9.17, 15) is 23.6 Å². The molecule has 0 radical (unpaired) electrons. The van der Waals surface area contributed by atoms with Crippen molar-refractivity contribution in [2.45, 2.75) is 30.8 Å². The molecule has 1 fully saturated rings. The summed E-state index contributed by atoms with van der Waals surface area (Å²) in [5.74, 6) is 0.165. The van der Waals surface area contributed by atoms with Gasteiger partial charge in [0.1, 0.15) is 0 Å². The van der Waals surface area contributed by atoms with Gasteiger partial charge in [-0.1, -0.05) is 0 Å². The summed E-state index contributed by atoms with van der Waals surface area (Å²) in [6.07, 6.45) is 0.894. The Labute approximate surface area is 123 Å². The first-order chi connectivity index (χ1) is 9.71. The first-order valence-corrected chi connectivity index (χ1v) is 8.05. The van der Waals surface area contributed by atoms with E-state index in [1.807, 2.05) is 0 Å².